The monoisotopic (exact) mass is 858 g/mol. The molecular formula is C45H50N2O15. The van der Waals surface area contributed by atoms with Gasteiger partial charge in [-0.2, -0.15) is 0 Å². The summed E-state index contributed by atoms with van der Waals surface area (Å²) in [6.45, 7) is 7.94. The van der Waals surface area contributed by atoms with E-state index in [1.165, 1.54) is 25.1 Å². The predicted molar refractivity (Wildman–Crippen MR) is 216 cm³/mol. The number of rotatable bonds is 18. The SMILES string of the molecule is C=CCO[C@@H]1[C@H](NC(C)=O)[C@@H](OCc2ccccc2)O[C@H](COCc2ccccc2)[C@H]1O[C@@H]1O[C@H](COC(C)=O)[C@@H](OC(C)=O)[C@H](OC(C)=O)[C@@H]1N1C(=O)c2ccccc2C1=O. The molecule has 17 heteroatoms. The summed E-state index contributed by atoms with van der Waals surface area (Å²) in [6, 6.07) is 22.0. The normalized spacial score (nSPS) is 26.9. The van der Waals surface area contributed by atoms with Crippen molar-refractivity contribution in [1.82, 2.24) is 10.2 Å². The molecule has 0 aliphatic carbocycles. The molecule has 0 saturated carbocycles. The van der Waals surface area contributed by atoms with Gasteiger partial charge in [-0.3, -0.25) is 33.7 Å². The third-order valence-electron chi connectivity index (χ3n) is 10.2. The summed E-state index contributed by atoms with van der Waals surface area (Å²) in [7, 11) is 0. The van der Waals surface area contributed by atoms with Gasteiger partial charge >= 0.3 is 17.9 Å². The van der Waals surface area contributed by atoms with Crippen LogP contribution >= 0.6 is 0 Å². The van der Waals surface area contributed by atoms with Crippen LogP contribution in [0, 0.1) is 0 Å². The third-order valence-corrected chi connectivity index (χ3v) is 10.2. The van der Waals surface area contributed by atoms with Crippen molar-refractivity contribution in [3.8, 4) is 0 Å². The van der Waals surface area contributed by atoms with E-state index in [1.54, 1.807) is 12.1 Å². The van der Waals surface area contributed by atoms with E-state index in [2.05, 4.69) is 11.9 Å². The second-order valence-electron chi connectivity index (χ2n) is 14.8. The van der Waals surface area contributed by atoms with E-state index in [4.69, 9.17) is 42.6 Å². The largest absolute Gasteiger partial charge is 0.463 e. The Balaban J connectivity index is 1.46. The van der Waals surface area contributed by atoms with E-state index in [-0.39, 0.29) is 37.6 Å². The van der Waals surface area contributed by atoms with Crippen molar-refractivity contribution in [2.45, 2.75) is 102 Å². The molecule has 330 valence electrons. The molecule has 1 N–H and O–H groups in total. The van der Waals surface area contributed by atoms with E-state index in [0.29, 0.717) is 0 Å². The predicted octanol–water partition coefficient (Wildman–Crippen LogP) is 3.42. The second kappa shape index (κ2) is 21.3. The molecule has 3 aromatic carbocycles. The van der Waals surface area contributed by atoms with Crippen LogP contribution in [0.1, 0.15) is 59.5 Å². The topological polar surface area (TPSA) is 201 Å². The average molecular weight is 859 g/mol. The van der Waals surface area contributed by atoms with Crippen LogP contribution < -0.4 is 5.32 Å². The highest BCUT2D eigenvalue weighted by Crippen LogP contribution is 2.38. The first-order chi connectivity index (χ1) is 29.9. The van der Waals surface area contributed by atoms with Gasteiger partial charge in [0, 0.05) is 27.7 Å². The van der Waals surface area contributed by atoms with Crippen LogP contribution in [-0.2, 0) is 75.0 Å². The zero-order valence-electron chi connectivity index (χ0n) is 34.7. The molecule has 62 heavy (non-hydrogen) atoms. The number of carbonyl (C=O) groups excluding carboxylic acids is 6. The molecule has 0 aromatic heterocycles. The first-order valence-electron chi connectivity index (χ1n) is 20.0. The third kappa shape index (κ3) is 11.2. The minimum Gasteiger partial charge on any atom is -0.463 e. The summed E-state index contributed by atoms with van der Waals surface area (Å²) in [5.41, 5.74) is 1.76. The lowest BCUT2D eigenvalue weighted by molar-refractivity contribution is -0.342. The fraction of sp³-hybridized carbons (Fsp3) is 0.422. The van der Waals surface area contributed by atoms with Crippen molar-refractivity contribution in [2.24, 2.45) is 0 Å². The Morgan fingerprint density at radius 3 is 1.77 bits per heavy atom. The highest BCUT2D eigenvalue weighted by atomic mass is 16.7. The maximum Gasteiger partial charge on any atom is 0.303 e. The fourth-order valence-corrected chi connectivity index (χ4v) is 7.63. The van der Waals surface area contributed by atoms with Gasteiger partial charge in [0.25, 0.3) is 11.8 Å². The van der Waals surface area contributed by atoms with E-state index < -0.39 is 104 Å². The number of ether oxygens (including phenoxy) is 9. The molecule has 0 spiro atoms. The molecule has 3 heterocycles. The summed E-state index contributed by atoms with van der Waals surface area (Å²) in [5, 5.41) is 2.88. The van der Waals surface area contributed by atoms with Crippen molar-refractivity contribution in [3.05, 3.63) is 120 Å². The van der Waals surface area contributed by atoms with Crippen LogP contribution in [0.5, 0.6) is 0 Å². The van der Waals surface area contributed by atoms with Crippen LogP contribution in [-0.4, -0.2) is 122 Å². The summed E-state index contributed by atoms with van der Waals surface area (Å²) >= 11 is 0. The lowest BCUT2D eigenvalue weighted by Crippen LogP contribution is -2.71. The number of nitrogens with one attached hydrogen (secondary N) is 1. The molecule has 3 amide bonds. The first kappa shape index (κ1) is 45.7. The van der Waals surface area contributed by atoms with Gasteiger partial charge in [0.05, 0.1) is 37.6 Å². The average Bonchev–Trinajstić information content (AvgIpc) is 3.49. The Bertz CT molecular complexity index is 2030. The number of amides is 3. The van der Waals surface area contributed by atoms with Gasteiger partial charge in [0.2, 0.25) is 5.91 Å². The van der Waals surface area contributed by atoms with E-state index in [9.17, 15) is 28.8 Å². The van der Waals surface area contributed by atoms with Gasteiger partial charge in [0.15, 0.2) is 24.8 Å². The van der Waals surface area contributed by atoms with E-state index in [0.717, 1.165) is 36.8 Å². The molecular weight excluding hydrogens is 808 g/mol. The minimum atomic E-state index is -1.74. The number of fused-ring (bicyclic) bond motifs is 1. The van der Waals surface area contributed by atoms with Gasteiger partial charge in [-0.25, -0.2) is 0 Å². The van der Waals surface area contributed by atoms with Crippen molar-refractivity contribution in [2.75, 3.05) is 19.8 Å². The number of nitrogens with zero attached hydrogens (tertiary/aromatic N) is 1. The second-order valence-corrected chi connectivity index (χ2v) is 14.8. The van der Waals surface area contributed by atoms with Crippen LogP contribution in [0.15, 0.2) is 97.6 Å². The zero-order chi connectivity index (χ0) is 44.3. The number of esters is 3. The number of imide groups is 1. The van der Waals surface area contributed by atoms with Crippen molar-refractivity contribution in [1.29, 1.82) is 0 Å². The number of hydrogen-bond acceptors (Lipinski definition) is 15. The fourth-order valence-electron chi connectivity index (χ4n) is 7.63. The first-order valence-corrected chi connectivity index (χ1v) is 20.0. The van der Waals surface area contributed by atoms with Gasteiger partial charge in [-0.1, -0.05) is 78.9 Å². The Morgan fingerprint density at radius 2 is 1.21 bits per heavy atom. The summed E-state index contributed by atoms with van der Waals surface area (Å²) < 4.78 is 55.8. The van der Waals surface area contributed by atoms with Crippen LogP contribution in [0.4, 0.5) is 0 Å². The highest BCUT2D eigenvalue weighted by Gasteiger charge is 2.59. The molecule has 0 unspecified atom stereocenters. The van der Waals surface area contributed by atoms with Crippen LogP contribution in [0.25, 0.3) is 0 Å². The van der Waals surface area contributed by atoms with Gasteiger partial charge in [-0.15, -0.1) is 6.58 Å². The summed E-state index contributed by atoms with van der Waals surface area (Å²) in [6.07, 6.45) is -9.49. The van der Waals surface area contributed by atoms with Crippen molar-refractivity contribution >= 4 is 35.6 Å². The Morgan fingerprint density at radius 1 is 0.661 bits per heavy atom. The quantitative estimate of drug-likeness (QED) is 0.0844. The maximum atomic E-state index is 14.3. The Hall–Kier alpha value is -5.82. The minimum absolute atomic E-state index is 0.0495. The molecule has 3 aliphatic heterocycles. The summed E-state index contributed by atoms with van der Waals surface area (Å²) in [4.78, 5) is 80.0. The maximum absolute atomic E-state index is 14.3. The smallest absolute Gasteiger partial charge is 0.303 e. The molecule has 0 bridgehead atoms. The molecule has 2 saturated heterocycles. The van der Waals surface area contributed by atoms with Crippen molar-refractivity contribution < 1.29 is 71.4 Å². The molecule has 10 atom stereocenters. The zero-order valence-corrected chi connectivity index (χ0v) is 34.7. The number of hydrogen-bond donors (Lipinski definition) is 1. The van der Waals surface area contributed by atoms with Gasteiger partial charge in [-0.05, 0) is 23.3 Å². The lowest BCUT2D eigenvalue weighted by atomic mass is 9.93. The van der Waals surface area contributed by atoms with Gasteiger partial charge < -0.3 is 47.9 Å². The standard InChI is InChI=1S/C45H50N2O15/c1-6-21-55-40-36(46-26(2)48)44(57-23-31-17-11-8-12-18-31)60-34(24-54-22-30-15-9-7-10-16-30)38(40)62-45-37(47-42(52)32-19-13-14-20-33(32)43(47)53)41(59-29(5)51)39(58-28(4)50)35(61-45)25-56-27(3)49/h6-20,34-41,44-45H,1,21-25H2,2-5H3,(H,46,48)/t34-,35-,36+,37+,38-,39-,40-,41-,44+,45+/m1/s1. The lowest BCUT2D eigenvalue weighted by Gasteiger charge is -2.51. The molecule has 3 aliphatic rings. The highest BCUT2D eigenvalue weighted by molar-refractivity contribution is 6.21. The van der Waals surface area contributed by atoms with Crippen LogP contribution in [0.3, 0.4) is 0 Å². The summed E-state index contributed by atoms with van der Waals surface area (Å²) in [5.74, 6) is -4.44. The van der Waals surface area contributed by atoms with Crippen molar-refractivity contribution in [3.63, 3.8) is 0 Å². The number of benzene rings is 3. The van der Waals surface area contributed by atoms with Gasteiger partial charge in [0.1, 0.15) is 43.1 Å². The molecule has 2 fully saturated rings. The van der Waals surface area contributed by atoms with Crippen LogP contribution in [0.2, 0.25) is 0 Å². The number of carbonyl (C=O) groups is 6. The molecule has 17 nitrogen and oxygen atoms in total. The molecule has 3 aromatic rings. The van der Waals surface area contributed by atoms with E-state index in [1.807, 2.05) is 60.7 Å². The van der Waals surface area contributed by atoms with E-state index >= 15 is 0 Å². The molecule has 6 rings (SSSR count). The Labute approximate surface area is 358 Å². The molecule has 0 radical (unpaired) electrons. The Kier molecular flexibility index (Phi) is 15.7.